The fraction of sp³-hybridized carbons (Fsp3) is 0.600. The molecule has 1 heterocycles. The van der Waals surface area contributed by atoms with Crippen molar-refractivity contribution < 1.29 is 4.74 Å². The van der Waals surface area contributed by atoms with Crippen LogP contribution < -0.4 is 5.32 Å². The van der Waals surface area contributed by atoms with Crippen molar-refractivity contribution in [3.63, 3.8) is 0 Å². The van der Waals surface area contributed by atoms with Crippen LogP contribution in [-0.2, 0) is 11.2 Å². The number of hydrogen-bond donors (Lipinski definition) is 1. The summed E-state index contributed by atoms with van der Waals surface area (Å²) in [4.78, 5) is 1.30. The molecule has 0 aliphatic heterocycles. The summed E-state index contributed by atoms with van der Waals surface area (Å²) in [5.41, 5.74) is 0. The molecule has 0 bridgehead atoms. The molecule has 0 aliphatic carbocycles. The van der Waals surface area contributed by atoms with E-state index in [1.165, 1.54) is 4.88 Å². The summed E-state index contributed by atoms with van der Waals surface area (Å²) < 4.78 is 6.23. The van der Waals surface area contributed by atoms with Gasteiger partial charge in [-0.3, -0.25) is 0 Å². The van der Waals surface area contributed by atoms with E-state index in [0.29, 0.717) is 6.04 Å². The molecule has 0 saturated heterocycles. The molecule has 1 unspecified atom stereocenters. The first kappa shape index (κ1) is 12.0. The molecule has 14 heavy (non-hydrogen) atoms. The number of rotatable bonds is 6. The van der Waals surface area contributed by atoms with Gasteiger partial charge in [-0.1, -0.05) is 11.6 Å². The fourth-order valence-electron chi connectivity index (χ4n) is 1.21. The van der Waals surface area contributed by atoms with E-state index < -0.39 is 0 Å². The van der Waals surface area contributed by atoms with E-state index in [2.05, 4.69) is 11.4 Å². The molecule has 1 atom stereocenters. The van der Waals surface area contributed by atoms with E-state index in [0.717, 1.165) is 24.0 Å². The molecule has 1 N–H and O–H groups in total. The van der Waals surface area contributed by atoms with Crippen molar-refractivity contribution in [2.24, 2.45) is 0 Å². The molecule has 0 aliphatic rings. The minimum Gasteiger partial charge on any atom is -0.380 e. The maximum Gasteiger partial charge on any atom is 0.0931 e. The zero-order chi connectivity index (χ0) is 10.4. The van der Waals surface area contributed by atoms with Gasteiger partial charge in [-0.05, 0) is 32.5 Å². The van der Waals surface area contributed by atoms with E-state index in [1.54, 1.807) is 11.3 Å². The van der Waals surface area contributed by atoms with Crippen LogP contribution in [0.3, 0.4) is 0 Å². The Bertz CT molecular complexity index is 264. The molecular formula is C10H16ClNOS. The van der Waals surface area contributed by atoms with Crippen LogP contribution in [0.5, 0.6) is 0 Å². The summed E-state index contributed by atoms with van der Waals surface area (Å²) >= 11 is 7.49. The van der Waals surface area contributed by atoms with Crippen LogP contribution in [0.25, 0.3) is 0 Å². The quantitative estimate of drug-likeness (QED) is 0.816. The number of likely N-dealkylation sites (N-methyl/N-ethyl adjacent to an activating group) is 1. The molecule has 80 valence electrons. The Morgan fingerprint density at radius 3 is 2.86 bits per heavy atom. The fourth-order valence-corrected chi connectivity index (χ4v) is 2.38. The van der Waals surface area contributed by atoms with Crippen LogP contribution in [0.1, 0.15) is 11.8 Å². The van der Waals surface area contributed by atoms with Gasteiger partial charge in [0.1, 0.15) is 0 Å². The first-order valence-electron chi connectivity index (χ1n) is 4.75. The summed E-state index contributed by atoms with van der Waals surface area (Å²) in [6.07, 6.45) is 0.980. The van der Waals surface area contributed by atoms with E-state index in [1.807, 2.05) is 20.0 Å². The van der Waals surface area contributed by atoms with Crippen LogP contribution in [0.2, 0.25) is 4.34 Å². The number of hydrogen-bond acceptors (Lipinski definition) is 3. The minimum absolute atomic E-state index is 0.379. The Morgan fingerprint density at radius 2 is 2.36 bits per heavy atom. The lowest BCUT2D eigenvalue weighted by atomic mass is 10.2. The molecular weight excluding hydrogens is 218 g/mol. The van der Waals surface area contributed by atoms with Gasteiger partial charge in [-0.15, -0.1) is 11.3 Å². The molecule has 1 rings (SSSR count). The smallest absolute Gasteiger partial charge is 0.0931 e. The van der Waals surface area contributed by atoms with Gasteiger partial charge in [0.2, 0.25) is 0 Å². The standard InChI is InChI=1S/C10H16ClNOS/c1-3-13-7-8(12-2)6-9-4-5-10(11)14-9/h4-5,8,12H,3,6-7H2,1-2H3. The average Bonchev–Trinajstić information content (AvgIpc) is 2.58. The Morgan fingerprint density at radius 1 is 1.57 bits per heavy atom. The highest BCUT2D eigenvalue weighted by atomic mass is 35.5. The highest BCUT2D eigenvalue weighted by Crippen LogP contribution is 2.22. The van der Waals surface area contributed by atoms with Gasteiger partial charge in [0.25, 0.3) is 0 Å². The second-order valence-corrected chi connectivity index (χ2v) is 4.85. The van der Waals surface area contributed by atoms with Crippen LogP contribution in [-0.4, -0.2) is 26.3 Å². The largest absolute Gasteiger partial charge is 0.380 e. The van der Waals surface area contributed by atoms with Crippen molar-refractivity contribution in [3.05, 3.63) is 21.3 Å². The Labute approximate surface area is 94.2 Å². The van der Waals surface area contributed by atoms with E-state index in [9.17, 15) is 0 Å². The van der Waals surface area contributed by atoms with E-state index >= 15 is 0 Å². The molecule has 0 fully saturated rings. The summed E-state index contributed by atoms with van der Waals surface area (Å²) in [5.74, 6) is 0. The van der Waals surface area contributed by atoms with Crippen LogP contribution in [0.15, 0.2) is 12.1 Å². The van der Waals surface area contributed by atoms with Gasteiger partial charge in [0, 0.05) is 17.5 Å². The zero-order valence-corrected chi connectivity index (χ0v) is 10.1. The van der Waals surface area contributed by atoms with Gasteiger partial charge < -0.3 is 10.1 Å². The SMILES string of the molecule is CCOCC(Cc1ccc(Cl)s1)NC. The third kappa shape index (κ3) is 3.96. The van der Waals surface area contributed by atoms with Crippen molar-refractivity contribution >= 4 is 22.9 Å². The molecule has 1 aromatic rings. The molecule has 0 amide bonds. The second-order valence-electron chi connectivity index (χ2n) is 3.06. The number of nitrogens with one attached hydrogen (secondary N) is 1. The minimum atomic E-state index is 0.379. The van der Waals surface area contributed by atoms with Gasteiger partial charge in [0.15, 0.2) is 0 Å². The normalized spacial score (nSPS) is 13.1. The first-order valence-corrected chi connectivity index (χ1v) is 5.95. The third-order valence-corrected chi connectivity index (χ3v) is 3.26. The van der Waals surface area contributed by atoms with Crippen molar-refractivity contribution in [1.82, 2.24) is 5.32 Å². The average molecular weight is 234 g/mol. The van der Waals surface area contributed by atoms with Crippen LogP contribution >= 0.6 is 22.9 Å². The van der Waals surface area contributed by atoms with E-state index in [-0.39, 0.29) is 0 Å². The maximum absolute atomic E-state index is 5.86. The first-order chi connectivity index (χ1) is 6.76. The highest BCUT2D eigenvalue weighted by molar-refractivity contribution is 7.16. The van der Waals surface area contributed by atoms with Crippen molar-refractivity contribution in [1.29, 1.82) is 0 Å². The Balaban J connectivity index is 2.40. The number of halogens is 1. The molecule has 2 nitrogen and oxygen atoms in total. The van der Waals surface area contributed by atoms with E-state index in [4.69, 9.17) is 16.3 Å². The van der Waals surface area contributed by atoms with Gasteiger partial charge in [-0.25, -0.2) is 0 Å². The van der Waals surface area contributed by atoms with Gasteiger partial charge in [0.05, 0.1) is 10.9 Å². The zero-order valence-electron chi connectivity index (χ0n) is 8.55. The lowest BCUT2D eigenvalue weighted by Gasteiger charge is -2.14. The lowest BCUT2D eigenvalue weighted by molar-refractivity contribution is 0.125. The van der Waals surface area contributed by atoms with Gasteiger partial charge >= 0.3 is 0 Å². The molecule has 0 saturated carbocycles. The molecule has 0 spiro atoms. The molecule has 0 radical (unpaired) electrons. The van der Waals surface area contributed by atoms with Crippen molar-refractivity contribution in [3.8, 4) is 0 Å². The number of ether oxygens (including phenoxy) is 1. The number of thiophene rings is 1. The van der Waals surface area contributed by atoms with Crippen LogP contribution in [0, 0.1) is 0 Å². The van der Waals surface area contributed by atoms with Crippen molar-refractivity contribution in [2.45, 2.75) is 19.4 Å². The summed E-state index contributed by atoms with van der Waals surface area (Å²) in [5, 5.41) is 3.23. The topological polar surface area (TPSA) is 21.3 Å². The summed E-state index contributed by atoms with van der Waals surface area (Å²) in [6, 6.07) is 4.39. The summed E-state index contributed by atoms with van der Waals surface area (Å²) in [6.45, 7) is 3.53. The monoisotopic (exact) mass is 233 g/mol. The van der Waals surface area contributed by atoms with Crippen LogP contribution in [0.4, 0.5) is 0 Å². The summed E-state index contributed by atoms with van der Waals surface area (Å²) in [7, 11) is 1.96. The Hall–Kier alpha value is -0.0900. The maximum atomic E-state index is 5.86. The molecule has 4 heteroatoms. The lowest BCUT2D eigenvalue weighted by Crippen LogP contribution is -2.32. The molecule has 0 aromatic carbocycles. The van der Waals surface area contributed by atoms with Crippen molar-refractivity contribution in [2.75, 3.05) is 20.3 Å². The van der Waals surface area contributed by atoms with Gasteiger partial charge in [-0.2, -0.15) is 0 Å². The predicted molar refractivity (Wildman–Crippen MR) is 62.4 cm³/mol. The predicted octanol–water partition coefficient (Wildman–Crippen LogP) is 2.57. The third-order valence-electron chi connectivity index (χ3n) is 2.01. The Kier molecular flexibility index (Phi) is 5.48. The molecule has 1 aromatic heterocycles. The second kappa shape index (κ2) is 6.40. The highest BCUT2D eigenvalue weighted by Gasteiger charge is 2.08.